The Kier molecular flexibility index (Phi) is 4.08. The van der Waals surface area contributed by atoms with Crippen molar-refractivity contribution in [2.24, 2.45) is 0 Å². The van der Waals surface area contributed by atoms with Gasteiger partial charge < -0.3 is 5.11 Å². The van der Waals surface area contributed by atoms with Gasteiger partial charge in [0.15, 0.2) is 0 Å². The van der Waals surface area contributed by atoms with E-state index in [2.05, 4.69) is 0 Å². The van der Waals surface area contributed by atoms with Crippen LogP contribution in [0, 0.1) is 0 Å². The van der Waals surface area contributed by atoms with Gasteiger partial charge in [-0.2, -0.15) is 0 Å². The largest absolute Gasteiger partial charge is 0.388 e. The molecular formula is C10H12ClNO3. The molecule has 5 heteroatoms. The van der Waals surface area contributed by atoms with Gasteiger partial charge >= 0.3 is 0 Å². The molecule has 1 atom stereocenters. The van der Waals surface area contributed by atoms with E-state index < -0.39 is 12.0 Å². The van der Waals surface area contributed by atoms with Crippen molar-refractivity contribution in [3.63, 3.8) is 0 Å². The summed E-state index contributed by atoms with van der Waals surface area (Å²) in [5, 5.41) is 19.3. The Balaban J connectivity index is 2.73. The first-order chi connectivity index (χ1) is 7.02. The Labute approximate surface area is 92.7 Å². The predicted octanol–water partition coefficient (Wildman–Crippen LogP) is 1.61. The van der Waals surface area contributed by atoms with E-state index in [0.29, 0.717) is 15.6 Å². The summed E-state index contributed by atoms with van der Waals surface area (Å²) < 4.78 is 0. The fourth-order valence-corrected chi connectivity index (χ4v) is 1.41. The van der Waals surface area contributed by atoms with Gasteiger partial charge in [0.1, 0.15) is 0 Å². The van der Waals surface area contributed by atoms with Gasteiger partial charge in [-0.3, -0.25) is 10.0 Å². The number of rotatable bonds is 3. The van der Waals surface area contributed by atoms with Crippen LogP contribution in [0.4, 0.5) is 0 Å². The van der Waals surface area contributed by atoms with Crippen molar-refractivity contribution in [3.8, 4) is 0 Å². The second-order valence-electron chi connectivity index (χ2n) is 3.16. The van der Waals surface area contributed by atoms with E-state index in [1.807, 2.05) is 0 Å². The van der Waals surface area contributed by atoms with Crippen LogP contribution in [0.15, 0.2) is 24.3 Å². The van der Waals surface area contributed by atoms with Gasteiger partial charge in [0.2, 0.25) is 5.91 Å². The molecule has 0 saturated carbocycles. The summed E-state index contributed by atoms with van der Waals surface area (Å²) in [6.45, 7) is 0. The maximum atomic E-state index is 11.1. The predicted molar refractivity (Wildman–Crippen MR) is 55.6 cm³/mol. The minimum absolute atomic E-state index is 0.198. The molecule has 0 aliphatic heterocycles. The number of aliphatic hydroxyl groups excluding tert-OH is 1. The summed E-state index contributed by atoms with van der Waals surface area (Å²) in [5.41, 5.74) is 0.481. The van der Waals surface area contributed by atoms with Crippen LogP contribution in [0.25, 0.3) is 0 Å². The summed E-state index contributed by atoms with van der Waals surface area (Å²) in [6.07, 6.45) is -1.20. The number of carbonyl (C=O) groups excluding carboxylic acids is 1. The Morgan fingerprint density at radius 1 is 1.53 bits per heavy atom. The Morgan fingerprint density at radius 2 is 2.13 bits per heavy atom. The third kappa shape index (κ3) is 3.20. The molecule has 0 aliphatic carbocycles. The lowest BCUT2D eigenvalue weighted by Crippen LogP contribution is -2.24. The van der Waals surface area contributed by atoms with E-state index >= 15 is 0 Å². The summed E-state index contributed by atoms with van der Waals surface area (Å²) in [4.78, 5) is 11.1. The molecule has 0 fully saturated rings. The zero-order chi connectivity index (χ0) is 11.4. The summed E-state index contributed by atoms with van der Waals surface area (Å²) >= 11 is 5.83. The number of benzene rings is 1. The molecule has 15 heavy (non-hydrogen) atoms. The lowest BCUT2D eigenvalue weighted by atomic mass is 10.1. The number of nitrogens with zero attached hydrogens (tertiary/aromatic N) is 1. The quantitative estimate of drug-likeness (QED) is 0.612. The van der Waals surface area contributed by atoms with Crippen molar-refractivity contribution in [2.45, 2.75) is 12.5 Å². The maximum Gasteiger partial charge on any atom is 0.248 e. The van der Waals surface area contributed by atoms with Crippen molar-refractivity contribution in [1.29, 1.82) is 0 Å². The lowest BCUT2D eigenvalue weighted by Gasteiger charge is -2.14. The van der Waals surface area contributed by atoms with E-state index in [-0.39, 0.29) is 6.42 Å². The molecule has 1 aromatic carbocycles. The second kappa shape index (κ2) is 5.11. The zero-order valence-electron chi connectivity index (χ0n) is 8.22. The Bertz CT molecular complexity index is 354. The zero-order valence-corrected chi connectivity index (χ0v) is 8.98. The van der Waals surface area contributed by atoms with Crippen molar-refractivity contribution >= 4 is 17.5 Å². The molecule has 0 radical (unpaired) electrons. The fourth-order valence-electron chi connectivity index (χ4n) is 1.15. The highest BCUT2D eigenvalue weighted by Gasteiger charge is 2.17. The lowest BCUT2D eigenvalue weighted by molar-refractivity contribution is -0.161. The summed E-state index contributed by atoms with van der Waals surface area (Å²) in [7, 11) is 1.21. The number of aliphatic hydroxyl groups is 1. The molecule has 0 saturated heterocycles. The molecule has 2 N–H and O–H groups in total. The van der Waals surface area contributed by atoms with Crippen molar-refractivity contribution in [1.82, 2.24) is 5.06 Å². The van der Waals surface area contributed by atoms with Crippen molar-refractivity contribution < 1.29 is 15.1 Å². The molecule has 1 amide bonds. The third-order valence-corrected chi connectivity index (χ3v) is 2.34. The van der Waals surface area contributed by atoms with E-state index in [1.54, 1.807) is 24.3 Å². The molecule has 1 unspecified atom stereocenters. The molecule has 0 bridgehead atoms. The van der Waals surface area contributed by atoms with Crippen molar-refractivity contribution in [2.75, 3.05) is 7.05 Å². The highest BCUT2D eigenvalue weighted by molar-refractivity contribution is 6.31. The molecule has 0 spiro atoms. The van der Waals surface area contributed by atoms with Crippen LogP contribution >= 0.6 is 11.6 Å². The molecule has 0 aromatic heterocycles. The first kappa shape index (κ1) is 12.0. The van der Waals surface area contributed by atoms with Crippen LogP contribution in [0.2, 0.25) is 5.02 Å². The Hall–Kier alpha value is -1.10. The van der Waals surface area contributed by atoms with Gasteiger partial charge in [0.25, 0.3) is 0 Å². The number of halogens is 1. The van der Waals surface area contributed by atoms with Gasteiger partial charge in [-0.25, -0.2) is 5.06 Å². The van der Waals surface area contributed by atoms with E-state index in [9.17, 15) is 9.90 Å². The van der Waals surface area contributed by atoms with E-state index in [1.165, 1.54) is 7.05 Å². The van der Waals surface area contributed by atoms with Gasteiger partial charge in [-0.05, 0) is 11.6 Å². The van der Waals surface area contributed by atoms with Crippen LogP contribution < -0.4 is 0 Å². The highest BCUT2D eigenvalue weighted by atomic mass is 35.5. The number of hydrogen-bond acceptors (Lipinski definition) is 3. The molecular weight excluding hydrogens is 218 g/mol. The standard InChI is InChI=1S/C10H12ClNO3/c1-12(15)10(14)6-9(13)7-4-2-3-5-8(7)11/h2-5,9,13,15H,6H2,1H3. The average Bonchev–Trinajstić information content (AvgIpc) is 2.18. The average molecular weight is 230 g/mol. The maximum absolute atomic E-state index is 11.1. The highest BCUT2D eigenvalue weighted by Crippen LogP contribution is 2.24. The SMILES string of the molecule is CN(O)C(=O)CC(O)c1ccccc1Cl. The molecule has 0 aliphatic rings. The number of hydrogen-bond donors (Lipinski definition) is 2. The first-order valence-corrected chi connectivity index (χ1v) is 4.78. The van der Waals surface area contributed by atoms with Gasteiger partial charge in [0.05, 0.1) is 12.5 Å². The van der Waals surface area contributed by atoms with Crippen LogP contribution in [0.1, 0.15) is 18.1 Å². The first-order valence-electron chi connectivity index (χ1n) is 4.40. The van der Waals surface area contributed by atoms with Crippen LogP contribution in [0.3, 0.4) is 0 Å². The van der Waals surface area contributed by atoms with E-state index in [0.717, 1.165) is 0 Å². The molecule has 4 nitrogen and oxygen atoms in total. The fraction of sp³-hybridized carbons (Fsp3) is 0.300. The molecule has 1 rings (SSSR count). The smallest absolute Gasteiger partial charge is 0.248 e. The van der Waals surface area contributed by atoms with Gasteiger partial charge in [0, 0.05) is 12.1 Å². The van der Waals surface area contributed by atoms with Crippen LogP contribution in [-0.2, 0) is 4.79 Å². The van der Waals surface area contributed by atoms with Crippen molar-refractivity contribution in [3.05, 3.63) is 34.9 Å². The normalized spacial score (nSPS) is 12.3. The molecule has 1 aromatic rings. The summed E-state index contributed by atoms with van der Waals surface area (Å²) in [5.74, 6) is -0.567. The Morgan fingerprint density at radius 3 is 2.67 bits per heavy atom. The van der Waals surface area contributed by atoms with Gasteiger partial charge in [-0.15, -0.1) is 0 Å². The van der Waals surface area contributed by atoms with E-state index in [4.69, 9.17) is 16.8 Å². The molecule has 0 heterocycles. The number of hydroxylamine groups is 2. The summed E-state index contributed by atoms with van der Waals surface area (Å²) in [6, 6.07) is 6.72. The topological polar surface area (TPSA) is 60.8 Å². The van der Waals surface area contributed by atoms with Crippen LogP contribution in [0.5, 0.6) is 0 Å². The van der Waals surface area contributed by atoms with Gasteiger partial charge in [-0.1, -0.05) is 29.8 Å². The number of carbonyl (C=O) groups is 1. The minimum Gasteiger partial charge on any atom is -0.388 e. The second-order valence-corrected chi connectivity index (χ2v) is 3.57. The third-order valence-electron chi connectivity index (χ3n) is 1.99. The molecule has 82 valence electrons. The van der Waals surface area contributed by atoms with Crippen LogP contribution in [-0.4, -0.2) is 28.3 Å². The number of amides is 1. The minimum atomic E-state index is -0.999. The monoisotopic (exact) mass is 229 g/mol.